The molecule has 1 aromatic heterocycles. The molecule has 0 aliphatic rings. The molecule has 0 fully saturated rings. The first-order valence-corrected chi connectivity index (χ1v) is 7.41. The number of hydrogen-bond acceptors (Lipinski definition) is 4. The first kappa shape index (κ1) is 14.8. The van der Waals surface area contributed by atoms with Gasteiger partial charge >= 0.3 is 0 Å². The summed E-state index contributed by atoms with van der Waals surface area (Å²) in [4.78, 5) is 15.7. The Morgan fingerprint density at radius 3 is 2.26 bits per heavy atom. The van der Waals surface area contributed by atoms with Crippen LogP contribution in [0.2, 0.25) is 0 Å². The monoisotopic (exact) mass is 306 g/mol. The zero-order chi connectivity index (χ0) is 16.2. The Morgan fingerprint density at radius 1 is 1.09 bits per heavy atom. The van der Waals surface area contributed by atoms with Crippen LogP contribution in [0.1, 0.15) is 23.2 Å². The van der Waals surface area contributed by atoms with Crippen molar-refractivity contribution in [2.45, 2.75) is 13.3 Å². The molecular formula is C18H16N3O2-. The largest absolute Gasteiger partial charge is 0.543 e. The Bertz CT molecular complexity index is 811. The van der Waals surface area contributed by atoms with Gasteiger partial charge in [0.15, 0.2) is 0 Å². The number of aryl methyl sites for hydroxylation is 1. The molecule has 3 rings (SSSR count). The predicted octanol–water partition coefficient (Wildman–Crippen LogP) is 2.54. The van der Waals surface area contributed by atoms with Crippen LogP contribution in [-0.2, 0) is 6.42 Å². The number of aromatic nitrogens is 2. The van der Waals surface area contributed by atoms with Crippen molar-refractivity contribution in [1.29, 1.82) is 0 Å². The number of para-hydroxylation sites is 2. The second-order valence-corrected chi connectivity index (χ2v) is 5.03. The van der Waals surface area contributed by atoms with Gasteiger partial charge < -0.3 is 15.2 Å². The minimum atomic E-state index is -1.30. The maximum atomic E-state index is 11.5. The molecule has 5 nitrogen and oxygen atoms in total. The molecule has 0 unspecified atom stereocenters. The minimum Gasteiger partial charge on any atom is -0.543 e. The van der Waals surface area contributed by atoms with Crippen LogP contribution in [0.15, 0.2) is 60.7 Å². The van der Waals surface area contributed by atoms with E-state index < -0.39 is 5.97 Å². The lowest BCUT2D eigenvalue weighted by Gasteiger charge is -2.14. The van der Waals surface area contributed by atoms with Gasteiger partial charge in [0.1, 0.15) is 17.3 Å². The van der Waals surface area contributed by atoms with Gasteiger partial charge in [0.2, 0.25) is 0 Å². The fourth-order valence-electron chi connectivity index (χ4n) is 2.47. The summed E-state index contributed by atoms with van der Waals surface area (Å²) in [6.45, 7) is 1.94. The highest BCUT2D eigenvalue weighted by Crippen LogP contribution is 2.26. The normalized spacial score (nSPS) is 10.5. The molecule has 0 bridgehead atoms. The molecule has 23 heavy (non-hydrogen) atoms. The van der Waals surface area contributed by atoms with Gasteiger partial charge in [-0.05, 0) is 24.3 Å². The summed E-state index contributed by atoms with van der Waals surface area (Å²) in [6.07, 6.45) is 0.603. The van der Waals surface area contributed by atoms with Crippen molar-refractivity contribution < 1.29 is 9.90 Å². The number of nitrogens with zero attached hydrogens (tertiary/aromatic N) is 2. The fraction of sp³-hybridized carbons (Fsp3) is 0.111. The quantitative estimate of drug-likeness (QED) is 0.786. The zero-order valence-electron chi connectivity index (χ0n) is 12.7. The van der Waals surface area contributed by atoms with Crippen LogP contribution in [-0.4, -0.2) is 15.5 Å². The van der Waals surface area contributed by atoms with Crippen LogP contribution in [0, 0.1) is 0 Å². The summed E-state index contributed by atoms with van der Waals surface area (Å²) in [5, 5.41) is 14.7. The first-order chi connectivity index (χ1) is 11.2. The van der Waals surface area contributed by atoms with Crippen LogP contribution < -0.4 is 10.4 Å². The van der Waals surface area contributed by atoms with Crippen LogP contribution in [0.25, 0.3) is 5.69 Å². The zero-order valence-corrected chi connectivity index (χ0v) is 12.7. The number of benzene rings is 2. The average Bonchev–Trinajstić information content (AvgIpc) is 2.95. The van der Waals surface area contributed by atoms with E-state index in [0.717, 1.165) is 11.4 Å². The van der Waals surface area contributed by atoms with E-state index in [-0.39, 0.29) is 5.69 Å². The molecule has 0 aliphatic carbocycles. The molecular weight excluding hydrogens is 290 g/mol. The van der Waals surface area contributed by atoms with Gasteiger partial charge in [-0.3, -0.25) is 4.57 Å². The van der Waals surface area contributed by atoms with Gasteiger partial charge in [-0.1, -0.05) is 43.3 Å². The molecule has 0 radical (unpaired) electrons. The SMILES string of the molecule is CCc1nc(C(=O)[O-])c(Nc2ccccc2)n1-c1ccccc1. The summed E-state index contributed by atoms with van der Waals surface area (Å²) in [7, 11) is 0. The smallest absolute Gasteiger partial charge is 0.144 e. The maximum absolute atomic E-state index is 11.5. The van der Waals surface area contributed by atoms with Crippen LogP contribution in [0.5, 0.6) is 0 Å². The van der Waals surface area contributed by atoms with E-state index >= 15 is 0 Å². The molecule has 2 aromatic carbocycles. The Labute approximate surface area is 134 Å². The van der Waals surface area contributed by atoms with E-state index in [4.69, 9.17) is 0 Å². The van der Waals surface area contributed by atoms with Crippen molar-refractivity contribution >= 4 is 17.5 Å². The number of anilines is 2. The molecule has 1 heterocycles. The summed E-state index contributed by atoms with van der Waals surface area (Å²) in [6, 6.07) is 18.9. The maximum Gasteiger partial charge on any atom is 0.144 e. The third-order valence-corrected chi connectivity index (χ3v) is 3.51. The van der Waals surface area contributed by atoms with E-state index in [1.54, 1.807) is 0 Å². The lowest BCUT2D eigenvalue weighted by molar-refractivity contribution is -0.255. The highest BCUT2D eigenvalue weighted by atomic mass is 16.4. The minimum absolute atomic E-state index is 0.0884. The van der Waals surface area contributed by atoms with E-state index in [9.17, 15) is 9.90 Å². The highest BCUT2D eigenvalue weighted by Gasteiger charge is 2.18. The molecule has 0 amide bonds. The molecule has 0 spiro atoms. The number of nitrogens with one attached hydrogen (secondary N) is 1. The predicted molar refractivity (Wildman–Crippen MR) is 87.0 cm³/mol. The van der Waals surface area contributed by atoms with E-state index in [1.807, 2.05) is 72.2 Å². The van der Waals surface area contributed by atoms with Gasteiger partial charge in [0, 0.05) is 17.8 Å². The number of hydrogen-bond donors (Lipinski definition) is 1. The second kappa shape index (κ2) is 6.36. The summed E-state index contributed by atoms with van der Waals surface area (Å²) >= 11 is 0. The standard InChI is InChI=1S/C18H17N3O2/c1-2-15-20-16(18(22)23)17(19-13-9-5-3-6-10-13)21(15)14-11-7-4-8-12-14/h3-12,19H,2H2,1H3,(H,22,23)/p-1. The number of carbonyl (C=O) groups excluding carboxylic acids is 1. The number of carboxylic acids is 1. The third kappa shape index (κ3) is 2.94. The number of carboxylic acid groups (broad SMARTS) is 1. The fourth-order valence-corrected chi connectivity index (χ4v) is 2.47. The number of aromatic carboxylic acids is 1. The average molecular weight is 306 g/mol. The molecule has 0 saturated heterocycles. The molecule has 0 atom stereocenters. The number of rotatable bonds is 5. The van der Waals surface area contributed by atoms with Crippen molar-refractivity contribution in [2.24, 2.45) is 0 Å². The highest BCUT2D eigenvalue weighted by molar-refractivity contribution is 5.91. The van der Waals surface area contributed by atoms with Gasteiger partial charge in [-0.2, -0.15) is 0 Å². The Balaban J connectivity index is 2.18. The molecule has 0 aliphatic heterocycles. The summed E-state index contributed by atoms with van der Waals surface area (Å²) in [5.41, 5.74) is 1.55. The van der Waals surface area contributed by atoms with Gasteiger partial charge in [0.25, 0.3) is 0 Å². The topological polar surface area (TPSA) is 70.0 Å². The molecule has 5 heteroatoms. The second-order valence-electron chi connectivity index (χ2n) is 5.03. The van der Waals surface area contributed by atoms with Gasteiger partial charge in [0.05, 0.1) is 5.97 Å². The number of imidazole rings is 1. The van der Waals surface area contributed by atoms with Crippen LogP contribution in [0.3, 0.4) is 0 Å². The van der Waals surface area contributed by atoms with E-state index in [2.05, 4.69) is 10.3 Å². The van der Waals surface area contributed by atoms with Crippen molar-refractivity contribution in [2.75, 3.05) is 5.32 Å². The van der Waals surface area contributed by atoms with Gasteiger partial charge in [-0.15, -0.1) is 0 Å². The lowest BCUT2D eigenvalue weighted by Crippen LogP contribution is -2.24. The summed E-state index contributed by atoms with van der Waals surface area (Å²) in [5.74, 6) is -0.235. The Kier molecular flexibility index (Phi) is 4.10. The van der Waals surface area contributed by atoms with E-state index in [0.29, 0.717) is 18.1 Å². The third-order valence-electron chi connectivity index (χ3n) is 3.51. The lowest BCUT2D eigenvalue weighted by atomic mass is 10.3. The molecule has 3 aromatic rings. The Morgan fingerprint density at radius 2 is 1.70 bits per heavy atom. The van der Waals surface area contributed by atoms with Crippen molar-refractivity contribution in [1.82, 2.24) is 9.55 Å². The first-order valence-electron chi connectivity index (χ1n) is 7.41. The molecule has 1 N–H and O–H groups in total. The van der Waals surface area contributed by atoms with Crippen molar-refractivity contribution in [3.63, 3.8) is 0 Å². The van der Waals surface area contributed by atoms with E-state index in [1.165, 1.54) is 0 Å². The Hall–Kier alpha value is -3.08. The van der Waals surface area contributed by atoms with Crippen molar-refractivity contribution in [3.8, 4) is 5.69 Å². The number of carbonyl (C=O) groups is 1. The van der Waals surface area contributed by atoms with Crippen LogP contribution in [0.4, 0.5) is 11.5 Å². The molecule has 0 saturated carbocycles. The summed E-state index contributed by atoms with van der Waals surface area (Å²) < 4.78 is 1.82. The van der Waals surface area contributed by atoms with Crippen LogP contribution >= 0.6 is 0 Å². The van der Waals surface area contributed by atoms with Crippen molar-refractivity contribution in [3.05, 3.63) is 72.2 Å². The van der Waals surface area contributed by atoms with Gasteiger partial charge in [-0.25, -0.2) is 4.98 Å². The molecule has 116 valence electrons.